The molecule has 2 aromatic carbocycles. The number of aromatic nitrogens is 1. The molecule has 2 aromatic heterocycles. The zero-order chi connectivity index (χ0) is 13.5. The van der Waals surface area contributed by atoms with Crippen LogP contribution in [0.4, 0.5) is 0 Å². The Kier molecular flexibility index (Phi) is 2.57. The van der Waals surface area contributed by atoms with E-state index in [0.717, 1.165) is 5.69 Å². The molecule has 0 aliphatic heterocycles. The second-order valence-corrected chi connectivity index (χ2v) is 6.02. The van der Waals surface area contributed by atoms with Crippen LogP contribution in [0.3, 0.4) is 0 Å². The van der Waals surface area contributed by atoms with Gasteiger partial charge in [0.2, 0.25) is 0 Å². The summed E-state index contributed by atoms with van der Waals surface area (Å²) in [6.45, 7) is 2.02. The van der Waals surface area contributed by atoms with Crippen molar-refractivity contribution in [1.29, 1.82) is 0 Å². The van der Waals surface area contributed by atoms with Gasteiger partial charge in [0, 0.05) is 43.2 Å². The monoisotopic (exact) mass is 275 g/mol. The number of fused-ring (bicyclic) bond motifs is 3. The minimum Gasteiger partial charge on any atom is -0.261 e. The van der Waals surface area contributed by atoms with Crippen molar-refractivity contribution >= 4 is 31.5 Å². The van der Waals surface area contributed by atoms with Gasteiger partial charge in [0.25, 0.3) is 0 Å². The molecular formula is C18H13NS. The summed E-state index contributed by atoms with van der Waals surface area (Å²) >= 11 is 1.86. The Labute approximate surface area is 121 Å². The van der Waals surface area contributed by atoms with E-state index < -0.39 is 0 Å². The average Bonchev–Trinajstić information content (AvgIpc) is 2.87. The topological polar surface area (TPSA) is 12.9 Å². The highest BCUT2D eigenvalue weighted by atomic mass is 32.1. The van der Waals surface area contributed by atoms with E-state index in [1.165, 1.54) is 31.3 Å². The summed E-state index contributed by atoms with van der Waals surface area (Å²) in [6.07, 6.45) is 1.97. The minimum absolute atomic E-state index is 1.05. The number of hydrogen-bond donors (Lipinski definition) is 0. The molecule has 0 spiro atoms. The van der Waals surface area contributed by atoms with Gasteiger partial charge in [-0.3, -0.25) is 4.98 Å². The van der Waals surface area contributed by atoms with E-state index in [0.29, 0.717) is 0 Å². The Morgan fingerprint density at radius 3 is 2.55 bits per heavy atom. The molecule has 0 bridgehead atoms. The van der Waals surface area contributed by atoms with E-state index in [-0.39, 0.29) is 0 Å². The van der Waals surface area contributed by atoms with Crippen LogP contribution in [-0.2, 0) is 0 Å². The van der Waals surface area contributed by atoms with Gasteiger partial charge in [-0.05, 0) is 19.1 Å². The molecule has 0 saturated carbocycles. The Morgan fingerprint density at radius 1 is 0.850 bits per heavy atom. The molecule has 0 fully saturated rings. The molecule has 0 saturated heterocycles. The van der Waals surface area contributed by atoms with Crippen molar-refractivity contribution in [3.05, 3.63) is 66.5 Å². The Morgan fingerprint density at radius 2 is 1.70 bits per heavy atom. The molecule has 4 aromatic rings. The number of benzene rings is 2. The smallest absolute Gasteiger partial charge is 0.0434 e. The maximum atomic E-state index is 4.42. The third-order valence-corrected chi connectivity index (χ3v) is 4.85. The lowest BCUT2D eigenvalue weighted by Gasteiger charge is -2.03. The van der Waals surface area contributed by atoms with Crippen molar-refractivity contribution in [2.45, 2.75) is 6.92 Å². The van der Waals surface area contributed by atoms with Crippen molar-refractivity contribution in [3.63, 3.8) is 0 Å². The molecular weight excluding hydrogens is 262 g/mol. The number of hydrogen-bond acceptors (Lipinski definition) is 2. The van der Waals surface area contributed by atoms with E-state index in [9.17, 15) is 0 Å². The van der Waals surface area contributed by atoms with Crippen LogP contribution in [0.15, 0.2) is 60.8 Å². The molecule has 4 rings (SSSR count). The predicted molar refractivity (Wildman–Crippen MR) is 87.3 cm³/mol. The highest BCUT2D eigenvalue weighted by molar-refractivity contribution is 7.26. The standard InChI is InChI=1S/C18H13NS/c1-12-9-10-13(11-19-12)14-6-4-7-16-15-5-2-3-8-17(15)20-18(14)16/h2-11H,1H3. The van der Waals surface area contributed by atoms with Crippen molar-refractivity contribution in [2.75, 3.05) is 0 Å². The fourth-order valence-electron chi connectivity index (χ4n) is 2.60. The van der Waals surface area contributed by atoms with Crippen LogP contribution in [0.25, 0.3) is 31.3 Å². The fraction of sp³-hybridized carbons (Fsp3) is 0.0556. The SMILES string of the molecule is Cc1ccc(-c2cccc3c2sc2ccccc23)cn1. The first kappa shape index (κ1) is 11.6. The van der Waals surface area contributed by atoms with Gasteiger partial charge in [-0.25, -0.2) is 0 Å². The summed E-state index contributed by atoms with van der Waals surface area (Å²) in [5.41, 5.74) is 3.52. The summed E-state index contributed by atoms with van der Waals surface area (Å²) in [4.78, 5) is 4.42. The second kappa shape index (κ2) is 4.43. The lowest BCUT2D eigenvalue weighted by molar-refractivity contribution is 1.20. The molecule has 0 radical (unpaired) electrons. The molecule has 0 aliphatic carbocycles. The normalized spacial score (nSPS) is 11.2. The highest BCUT2D eigenvalue weighted by Crippen LogP contribution is 2.39. The average molecular weight is 275 g/mol. The van der Waals surface area contributed by atoms with Gasteiger partial charge in [-0.1, -0.05) is 42.5 Å². The van der Waals surface area contributed by atoms with Crippen molar-refractivity contribution in [1.82, 2.24) is 4.98 Å². The molecule has 0 amide bonds. The first-order valence-electron chi connectivity index (χ1n) is 6.66. The van der Waals surface area contributed by atoms with E-state index in [4.69, 9.17) is 0 Å². The molecule has 96 valence electrons. The molecule has 0 aliphatic rings. The lowest BCUT2D eigenvalue weighted by Crippen LogP contribution is -1.82. The van der Waals surface area contributed by atoms with Gasteiger partial charge in [0.05, 0.1) is 0 Å². The third-order valence-electron chi connectivity index (χ3n) is 3.63. The van der Waals surface area contributed by atoms with Gasteiger partial charge in [-0.2, -0.15) is 0 Å². The van der Waals surface area contributed by atoms with E-state index in [2.05, 4.69) is 59.6 Å². The highest BCUT2D eigenvalue weighted by Gasteiger charge is 2.09. The Bertz CT molecular complexity index is 904. The van der Waals surface area contributed by atoms with Crippen molar-refractivity contribution in [2.24, 2.45) is 0 Å². The second-order valence-electron chi connectivity index (χ2n) is 4.97. The molecule has 2 heteroatoms. The number of nitrogens with zero attached hydrogens (tertiary/aromatic N) is 1. The van der Waals surface area contributed by atoms with Crippen LogP contribution in [0.5, 0.6) is 0 Å². The largest absolute Gasteiger partial charge is 0.261 e. The van der Waals surface area contributed by atoms with E-state index in [1.807, 2.05) is 24.5 Å². The van der Waals surface area contributed by atoms with Gasteiger partial charge in [-0.15, -0.1) is 11.3 Å². The van der Waals surface area contributed by atoms with Gasteiger partial charge in [0.15, 0.2) is 0 Å². The van der Waals surface area contributed by atoms with Crippen LogP contribution in [0, 0.1) is 6.92 Å². The number of thiophene rings is 1. The summed E-state index contributed by atoms with van der Waals surface area (Å²) in [6, 6.07) is 19.4. The van der Waals surface area contributed by atoms with Crippen LogP contribution in [0.2, 0.25) is 0 Å². The molecule has 0 unspecified atom stereocenters. The van der Waals surface area contributed by atoms with Crippen molar-refractivity contribution in [3.8, 4) is 11.1 Å². The molecule has 0 atom stereocenters. The van der Waals surface area contributed by atoms with E-state index >= 15 is 0 Å². The first-order chi connectivity index (χ1) is 9.83. The van der Waals surface area contributed by atoms with Crippen molar-refractivity contribution < 1.29 is 0 Å². The maximum absolute atomic E-state index is 4.42. The first-order valence-corrected chi connectivity index (χ1v) is 7.48. The molecule has 2 heterocycles. The van der Waals surface area contributed by atoms with Gasteiger partial charge < -0.3 is 0 Å². The third kappa shape index (κ3) is 1.73. The van der Waals surface area contributed by atoms with Crippen LogP contribution >= 0.6 is 11.3 Å². The summed E-state index contributed by atoms with van der Waals surface area (Å²) < 4.78 is 2.69. The Balaban J connectivity index is 2.07. The maximum Gasteiger partial charge on any atom is 0.0434 e. The Hall–Kier alpha value is -2.19. The zero-order valence-electron chi connectivity index (χ0n) is 11.1. The summed E-state index contributed by atoms with van der Waals surface area (Å²) in [7, 11) is 0. The number of pyridine rings is 1. The quantitative estimate of drug-likeness (QED) is 0.451. The van der Waals surface area contributed by atoms with Gasteiger partial charge >= 0.3 is 0 Å². The predicted octanol–water partition coefficient (Wildman–Crippen LogP) is 5.42. The lowest BCUT2D eigenvalue weighted by atomic mass is 10.0. The minimum atomic E-state index is 1.05. The van der Waals surface area contributed by atoms with Crippen LogP contribution in [-0.4, -0.2) is 4.98 Å². The summed E-state index contributed by atoms with van der Waals surface area (Å²) in [5, 5.41) is 2.68. The van der Waals surface area contributed by atoms with Crippen LogP contribution < -0.4 is 0 Å². The molecule has 0 N–H and O–H groups in total. The summed E-state index contributed by atoms with van der Waals surface area (Å²) in [5.74, 6) is 0. The molecule has 1 nitrogen and oxygen atoms in total. The number of rotatable bonds is 1. The number of aryl methyl sites for hydroxylation is 1. The van der Waals surface area contributed by atoms with Crippen LogP contribution in [0.1, 0.15) is 5.69 Å². The van der Waals surface area contributed by atoms with E-state index in [1.54, 1.807) is 0 Å². The zero-order valence-corrected chi connectivity index (χ0v) is 11.9. The van der Waals surface area contributed by atoms with Gasteiger partial charge in [0.1, 0.15) is 0 Å². The molecule has 20 heavy (non-hydrogen) atoms. The fourth-order valence-corrected chi connectivity index (χ4v) is 3.84.